The molecule has 25 heavy (non-hydrogen) atoms. The number of nitrogens with zero attached hydrogens (tertiary/aromatic N) is 1. The van der Waals surface area contributed by atoms with Crippen LogP contribution < -0.4 is 14.4 Å². The minimum absolute atomic E-state index is 0.336. The number of carbonyl (C=O) groups excluding carboxylic acids is 1. The molecule has 0 radical (unpaired) electrons. The predicted molar refractivity (Wildman–Crippen MR) is 103 cm³/mol. The molecule has 0 saturated heterocycles. The molecule has 2 aromatic carbocycles. The van der Waals surface area contributed by atoms with Gasteiger partial charge in [0.25, 0.3) is 0 Å². The Morgan fingerprint density at radius 2 is 1.84 bits per heavy atom. The molecule has 0 bridgehead atoms. The van der Waals surface area contributed by atoms with Gasteiger partial charge in [-0.1, -0.05) is 22.0 Å². The molecule has 1 N–H and O–H groups in total. The Bertz CT molecular complexity index is 867. The highest BCUT2D eigenvalue weighted by Gasteiger charge is 2.21. The van der Waals surface area contributed by atoms with E-state index in [4.69, 9.17) is 4.74 Å². The van der Waals surface area contributed by atoms with Crippen LogP contribution >= 0.6 is 15.9 Å². The van der Waals surface area contributed by atoms with Gasteiger partial charge >= 0.3 is 0 Å². The van der Waals surface area contributed by atoms with Crippen LogP contribution in [0.15, 0.2) is 46.9 Å². The van der Waals surface area contributed by atoms with E-state index in [9.17, 15) is 13.2 Å². The molecule has 0 atom stereocenters. The third-order valence-corrected chi connectivity index (χ3v) is 5.10. The monoisotopic (exact) mass is 426 g/mol. The van der Waals surface area contributed by atoms with Crippen molar-refractivity contribution in [3.8, 4) is 5.75 Å². The number of benzene rings is 2. The second-order valence-electron chi connectivity index (χ2n) is 5.50. The first-order valence-electron chi connectivity index (χ1n) is 7.38. The van der Waals surface area contributed by atoms with Gasteiger partial charge < -0.3 is 10.1 Å². The third-order valence-electron chi connectivity index (χ3n) is 3.43. The van der Waals surface area contributed by atoms with Gasteiger partial charge in [0.2, 0.25) is 15.9 Å². The standard InChI is InChI=1S/C17H19BrN2O4S/c1-12-4-9-16(24-2)15(10-12)19-17(21)11-20(25(3,22)23)14-7-5-13(18)6-8-14/h4-10H,11H2,1-3H3,(H,19,21). The Hall–Kier alpha value is -2.06. The zero-order valence-electron chi connectivity index (χ0n) is 14.1. The van der Waals surface area contributed by atoms with Gasteiger partial charge in [-0.25, -0.2) is 8.42 Å². The number of nitrogens with one attached hydrogen (secondary N) is 1. The summed E-state index contributed by atoms with van der Waals surface area (Å²) < 4.78 is 31.3. The fourth-order valence-electron chi connectivity index (χ4n) is 2.25. The van der Waals surface area contributed by atoms with E-state index in [1.54, 1.807) is 36.4 Å². The van der Waals surface area contributed by atoms with Crippen LogP contribution in [-0.2, 0) is 14.8 Å². The molecular weight excluding hydrogens is 408 g/mol. The molecule has 134 valence electrons. The summed E-state index contributed by atoms with van der Waals surface area (Å²) >= 11 is 3.30. The quantitative estimate of drug-likeness (QED) is 0.769. The van der Waals surface area contributed by atoms with Gasteiger partial charge in [0, 0.05) is 4.47 Å². The first kappa shape index (κ1) is 19.3. The summed E-state index contributed by atoms with van der Waals surface area (Å²) in [5.74, 6) is 0.0470. The summed E-state index contributed by atoms with van der Waals surface area (Å²) in [6, 6.07) is 12.1. The van der Waals surface area contributed by atoms with Crippen LogP contribution in [0.2, 0.25) is 0 Å². The lowest BCUT2D eigenvalue weighted by Crippen LogP contribution is -2.37. The average molecular weight is 427 g/mol. The van der Waals surface area contributed by atoms with E-state index in [-0.39, 0.29) is 6.54 Å². The number of methoxy groups -OCH3 is 1. The summed E-state index contributed by atoms with van der Waals surface area (Å²) in [6.07, 6.45) is 1.07. The summed E-state index contributed by atoms with van der Waals surface area (Å²) in [5, 5.41) is 2.71. The zero-order chi connectivity index (χ0) is 18.6. The lowest BCUT2D eigenvalue weighted by Gasteiger charge is -2.22. The Balaban J connectivity index is 2.23. The average Bonchev–Trinajstić information content (AvgIpc) is 2.53. The Labute approximate surface area is 156 Å². The summed E-state index contributed by atoms with van der Waals surface area (Å²) in [4.78, 5) is 12.4. The maximum atomic E-state index is 12.4. The maximum Gasteiger partial charge on any atom is 0.245 e. The summed E-state index contributed by atoms with van der Waals surface area (Å²) in [5.41, 5.74) is 1.86. The topological polar surface area (TPSA) is 75.7 Å². The highest BCUT2D eigenvalue weighted by atomic mass is 79.9. The van der Waals surface area contributed by atoms with Gasteiger partial charge in [0.1, 0.15) is 12.3 Å². The Morgan fingerprint density at radius 3 is 2.40 bits per heavy atom. The summed E-state index contributed by atoms with van der Waals surface area (Å²) in [7, 11) is -2.11. The largest absolute Gasteiger partial charge is 0.495 e. The minimum atomic E-state index is -3.62. The number of rotatable bonds is 6. The highest BCUT2D eigenvalue weighted by Crippen LogP contribution is 2.26. The summed E-state index contributed by atoms with van der Waals surface area (Å²) in [6.45, 7) is 1.55. The number of hydrogen-bond acceptors (Lipinski definition) is 4. The predicted octanol–water partition coefficient (Wildman–Crippen LogP) is 3.17. The Morgan fingerprint density at radius 1 is 1.20 bits per heavy atom. The molecule has 0 aliphatic heterocycles. The molecule has 0 unspecified atom stereocenters. The van der Waals surface area contributed by atoms with Crippen molar-refractivity contribution in [2.24, 2.45) is 0 Å². The van der Waals surface area contributed by atoms with Crippen molar-refractivity contribution in [2.75, 3.05) is 29.5 Å². The number of halogens is 1. The van der Waals surface area contributed by atoms with E-state index in [0.717, 1.165) is 20.6 Å². The number of anilines is 2. The minimum Gasteiger partial charge on any atom is -0.495 e. The van der Waals surface area contributed by atoms with Crippen molar-refractivity contribution in [1.82, 2.24) is 0 Å². The fourth-order valence-corrected chi connectivity index (χ4v) is 3.37. The number of hydrogen-bond donors (Lipinski definition) is 1. The number of sulfonamides is 1. The number of amides is 1. The molecular formula is C17H19BrN2O4S. The molecule has 0 aliphatic rings. The van der Waals surface area contributed by atoms with Crippen LogP contribution in [0, 0.1) is 6.92 Å². The zero-order valence-corrected chi connectivity index (χ0v) is 16.5. The molecule has 0 heterocycles. The smallest absolute Gasteiger partial charge is 0.245 e. The Kier molecular flexibility index (Phi) is 6.07. The third kappa shape index (κ3) is 5.20. The van der Waals surface area contributed by atoms with Crippen LogP contribution in [0.3, 0.4) is 0 Å². The first-order valence-corrected chi connectivity index (χ1v) is 10.0. The van der Waals surface area contributed by atoms with Crippen LogP contribution in [0.5, 0.6) is 5.75 Å². The molecule has 0 fully saturated rings. The van der Waals surface area contributed by atoms with E-state index in [2.05, 4.69) is 21.2 Å². The molecule has 0 aromatic heterocycles. The van der Waals surface area contributed by atoms with E-state index in [1.807, 2.05) is 13.0 Å². The van der Waals surface area contributed by atoms with Gasteiger partial charge in [-0.05, 0) is 48.9 Å². The van der Waals surface area contributed by atoms with Crippen LogP contribution in [0.4, 0.5) is 11.4 Å². The van der Waals surface area contributed by atoms with Crippen LogP contribution in [0.25, 0.3) is 0 Å². The molecule has 2 rings (SSSR count). The van der Waals surface area contributed by atoms with Crippen LogP contribution in [-0.4, -0.2) is 34.2 Å². The van der Waals surface area contributed by atoms with Crippen molar-refractivity contribution >= 4 is 43.2 Å². The van der Waals surface area contributed by atoms with Gasteiger partial charge in [-0.2, -0.15) is 0 Å². The molecule has 2 aromatic rings. The number of aryl methyl sites for hydroxylation is 1. The van der Waals surface area contributed by atoms with Gasteiger partial charge in [0.15, 0.2) is 0 Å². The lowest BCUT2D eigenvalue weighted by atomic mass is 10.2. The number of carbonyl (C=O) groups is 1. The van der Waals surface area contributed by atoms with E-state index < -0.39 is 15.9 Å². The van der Waals surface area contributed by atoms with Crippen molar-refractivity contribution < 1.29 is 17.9 Å². The van der Waals surface area contributed by atoms with Crippen molar-refractivity contribution in [3.05, 3.63) is 52.5 Å². The molecule has 0 aliphatic carbocycles. The second-order valence-corrected chi connectivity index (χ2v) is 8.32. The molecule has 8 heteroatoms. The molecule has 0 spiro atoms. The highest BCUT2D eigenvalue weighted by molar-refractivity contribution is 9.10. The van der Waals surface area contributed by atoms with Gasteiger partial charge in [0.05, 0.1) is 24.7 Å². The first-order chi connectivity index (χ1) is 11.7. The maximum absolute atomic E-state index is 12.4. The normalized spacial score (nSPS) is 11.0. The molecule has 6 nitrogen and oxygen atoms in total. The van der Waals surface area contributed by atoms with Crippen molar-refractivity contribution in [3.63, 3.8) is 0 Å². The molecule has 0 saturated carbocycles. The van der Waals surface area contributed by atoms with Gasteiger partial charge in [-0.15, -0.1) is 0 Å². The fraction of sp³-hybridized carbons (Fsp3) is 0.235. The van der Waals surface area contributed by atoms with Crippen molar-refractivity contribution in [2.45, 2.75) is 6.92 Å². The number of ether oxygens (including phenoxy) is 1. The van der Waals surface area contributed by atoms with Crippen LogP contribution in [0.1, 0.15) is 5.56 Å². The van der Waals surface area contributed by atoms with E-state index >= 15 is 0 Å². The lowest BCUT2D eigenvalue weighted by molar-refractivity contribution is -0.114. The van der Waals surface area contributed by atoms with E-state index in [0.29, 0.717) is 17.1 Å². The van der Waals surface area contributed by atoms with Crippen molar-refractivity contribution in [1.29, 1.82) is 0 Å². The second kappa shape index (κ2) is 7.88. The van der Waals surface area contributed by atoms with E-state index in [1.165, 1.54) is 7.11 Å². The SMILES string of the molecule is COc1ccc(C)cc1NC(=O)CN(c1ccc(Br)cc1)S(C)(=O)=O. The van der Waals surface area contributed by atoms with Gasteiger partial charge in [-0.3, -0.25) is 9.10 Å². The molecule has 1 amide bonds.